The van der Waals surface area contributed by atoms with E-state index in [1.54, 1.807) is 11.9 Å². The summed E-state index contributed by atoms with van der Waals surface area (Å²) in [5, 5.41) is 7.82. The molecule has 0 aliphatic heterocycles. The molecule has 0 spiro atoms. The molecule has 0 atom stereocenters. The Hall–Kier alpha value is -3.19. The molecule has 0 aliphatic carbocycles. The van der Waals surface area contributed by atoms with Crippen molar-refractivity contribution in [3.05, 3.63) is 71.6 Å². The second kappa shape index (κ2) is 9.66. The van der Waals surface area contributed by atoms with Crippen LogP contribution in [-0.4, -0.2) is 35.4 Å². The maximum absolute atomic E-state index is 12.2. The molecule has 144 valence electrons. The third-order valence-electron chi connectivity index (χ3n) is 4.11. The third-order valence-corrected chi connectivity index (χ3v) is 4.86. The van der Waals surface area contributed by atoms with E-state index < -0.39 is 0 Å². The molecule has 2 N–H and O–H groups in total. The molecule has 0 unspecified atom stereocenters. The van der Waals surface area contributed by atoms with E-state index in [0.717, 1.165) is 16.8 Å². The SMILES string of the molecule is CN(Cc1ccccc1)C(=O)CCNC(=O)Nc1nc(-c2ccccc2)cs1. The van der Waals surface area contributed by atoms with Crippen LogP contribution in [0.3, 0.4) is 0 Å². The molecule has 0 bridgehead atoms. The molecule has 0 saturated heterocycles. The van der Waals surface area contributed by atoms with Crippen molar-refractivity contribution in [2.75, 3.05) is 18.9 Å². The summed E-state index contributed by atoms with van der Waals surface area (Å²) in [5.74, 6) is -0.0234. The van der Waals surface area contributed by atoms with Crippen LogP contribution in [0.4, 0.5) is 9.93 Å². The van der Waals surface area contributed by atoms with E-state index in [-0.39, 0.29) is 24.9 Å². The van der Waals surface area contributed by atoms with Gasteiger partial charge in [-0.25, -0.2) is 9.78 Å². The number of amides is 3. The average Bonchev–Trinajstić information content (AvgIpc) is 3.17. The van der Waals surface area contributed by atoms with Crippen LogP contribution in [0.2, 0.25) is 0 Å². The quantitative estimate of drug-likeness (QED) is 0.636. The van der Waals surface area contributed by atoms with Crippen LogP contribution >= 0.6 is 11.3 Å². The summed E-state index contributed by atoms with van der Waals surface area (Å²) in [6, 6.07) is 19.2. The number of hydrogen-bond acceptors (Lipinski definition) is 4. The summed E-state index contributed by atoms with van der Waals surface area (Å²) in [7, 11) is 1.76. The highest BCUT2D eigenvalue weighted by Crippen LogP contribution is 2.24. The topological polar surface area (TPSA) is 74.3 Å². The number of urea groups is 1. The van der Waals surface area contributed by atoms with Crippen molar-refractivity contribution >= 4 is 28.4 Å². The first kappa shape index (κ1) is 19.6. The van der Waals surface area contributed by atoms with Crippen LogP contribution in [0, 0.1) is 0 Å². The molecule has 28 heavy (non-hydrogen) atoms. The Balaban J connectivity index is 1.41. The van der Waals surface area contributed by atoms with Gasteiger partial charge in [-0.05, 0) is 5.56 Å². The molecular formula is C21H22N4O2S. The number of benzene rings is 2. The van der Waals surface area contributed by atoms with Crippen LogP contribution in [0.15, 0.2) is 66.0 Å². The molecule has 0 aliphatic rings. The van der Waals surface area contributed by atoms with Crippen LogP contribution in [0.1, 0.15) is 12.0 Å². The predicted octanol–water partition coefficient (Wildman–Crippen LogP) is 3.98. The highest BCUT2D eigenvalue weighted by Gasteiger charge is 2.11. The van der Waals surface area contributed by atoms with E-state index in [2.05, 4.69) is 15.6 Å². The average molecular weight is 394 g/mol. The number of carbonyl (C=O) groups excluding carboxylic acids is 2. The Labute approximate surface area is 168 Å². The summed E-state index contributed by atoms with van der Waals surface area (Å²) in [4.78, 5) is 30.3. The summed E-state index contributed by atoms with van der Waals surface area (Å²) in [6.45, 7) is 0.813. The predicted molar refractivity (Wildman–Crippen MR) is 112 cm³/mol. The van der Waals surface area contributed by atoms with Gasteiger partial charge >= 0.3 is 6.03 Å². The summed E-state index contributed by atoms with van der Waals surface area (Å²) >= 11 is 1.36. The Morgan fingerprint density at radius 1 is 1.04 bits per heavy atom. The molecule has 0 radical (unpaired) electrons. The minimum atomic E-state index is -0.368. The van der Waals surface area contributed by atoms with Gasteiger partial charge in [0, 0.05) is 37.5 Å². The van der Waals surface area contributed by atoms with Crippen LogP contribution < -0.4 is 10.6 Å². The molecule has 3 amide bonds. The van der Waals surface area contributed by atoms with Gasteiger partial charge in [-0.3, -0.25) is 10.1 Å². The first-order chi connectivity index (χ1) is 13.6. The van der Waals surface area contributed by atoms with Crippen molar-refractivity contribution in [3.63, 3.8) is 0 Å². The molecule has 0 saturated carbocycles. The Morgan fingerprint density at radius 3 is 2.43 bits per heavy atom. The number of nitrogens with zero attached hydrogens (tertiary/aromatic N) is 2. The number of nitrogens with one attached hydrogen (secondary N) is 2. The van der Waals surface area contributed by atoms with Crippen molar-refractivity contribution in [1.29, 1.82) is 0 Å². The summed E-state index contributed by atoms with van der Waals surface area (Å²) in [5.41, 5.74) is 2.89. The fourth-order valence-electron chi connectivity index (χ4n) is 2.63. The minimum absolute atomic E-state index is 0.0234. The lowest BCUT2D eigenvalue weighted by atomic mass is 10.2. The van der Waals surface area contributed by atoms with E-state index in [9.17, 15) is 9.59 Å². The highest BCUT2D eigenvalue weighted by molar-refractivity contribution is 7.14. The second-order valence-corrected chi connectivity index (χ2v) is 7.13. The van der Waals surface area contributed by atoms with Gasteiger partial charge in [0.05, 0.1) is 5.69 Å². The minimum Gasteiger partial charge on any atom is -0.341 e. The third kappa shape index (κ3) is 5.65. The zero-order chi connectivity index (χ0) is 19.8. The van der Waals surface area contributed by atoms with Gasteiger partial charge in [0.1, 0.15) is 0 Å². The Kier molecular flexibility index (Phi) is 6.75. The van der Waals surface area contributed by atoms with Crippen LogP contribution in [-0.2, 0) is 11.3 Å². The Morgan fingerprint density at radius 2 is 1.71 bits per heavy atom. The fourth-order valence-corrected chi connectivity index (χ4v) is 3.35. The smallest absolute Gasteiger partial charge is 0.321 e. The van der Waals surface area contributed by atoms with Gasteiger partial charge in [0.25, 0.3) is 0 Å². The van der Waals surface area contributed by atoms with Gasteiger partial charge in [0.2, 0.25) is 5.91 Å². The standard InChI is InChI=1S/C21H22N4O2S/c1-25(14-16-8-4-2-5-9-16)19(26)12-13-22-20(27)24-21-23-18(15-28-21)17-10-6-3-7-11-17/h2-11,15H,12-14H2,1H3,(H2,22,23,24,27). The van der Waals surface area contributed by atoms with Gasteiger partial charge in [-0.1, -0.05) is 60.7 Å². The largest absolute Gasteiger partial charge is 0.341 e. The number of hydrogen-bond donors (Lipinski definition) is 2. The summed E-state index contributed by atoms with van der Waals surface area (Å²) in [6.07, 6.45) is 0.240. The van der Waals surface area contributed by atoms with E-state index in [1.165, 1.54) is 11.3 Å². The lowest BCUT2D eigenvalue weighted by Crippen LogP contribution is -2.34. The molecule has 2 aromatic carbocycles. The molecule has 6 nitrogen and oxygen atoms in total. The molecule has 1 aromatic heterocycles. The zero-order valence-corrected chi connectivity index (χ0v) is 16.4. The molecule has 1 heterocycles. The van der Waals surface area contributed by atoms with E-state index in [4.69, 9.17) is 0 Å². The summed E-state index contributed by atoms with van der Waals surface area (Å²) < 4.78 is 0. The fraction of sp³-hybridized carbons (Fsp3) is 0.190. The van der Waals surface area contributed by atoms with Gasteiger partial charge in [-0.15, -0.1) is 11.3 Å². The molecule has 3 rings (SSSR count). The first-order valence-electron chi connectivity index (χ1n) is 8.95. The van der Waals surface area contributed by atoms with Gasteiger partial charge < -0.3 is 10.2 Å². The number of rotatable bonds is 7. The van der Waals surface area contributed by atoms with E-state index >= 15 is 0 Å². The normalized spacial score (nSPS) is 10.3. The second-order valence-electron chi connectivity index (χ2n) is 6.27. The number of anilines is 1. The van der Waals surface area contributed by atoms with Crippen molar-refractivity contribution in [3.8, 4) is 11.3 Å². The van der Waals surface area contributed by atoms with Crippen molar-refractivity contribution in [2.24, 2.45) is 0 Å². The monoisotopic (exact) mass is 394 g/mol. The van der Waals surface area contributed by atoms with Gasteiger partial charge in [0.15, 0.2) is 5.13 Å². The zero-order valence-electron chi connectivity index (χ0n) is 15.6. The number of thiazole rings is 1. The molecule has 0 fully saturated rings. The van der Waals surface area contributed by atoms with E-state index in [1.807, 2.05) is 66.0 Å². The molecule has 3 aromatic rings. The van der Waals surface area contributed by atoms with Crippen molar-refractivity contribution in [2.45, 2.75) is 13.0 Å². The number of aromatic nitrogens is 1. The van der Waals surface area contributed by atoms with Crippen molar-refractivity contribution < 1.29 is 9.59 Å². The van der Waals surface area contributed by atoms with Gasteiger partial charge in [-0.2, -0.15) is 0 Å². The maximum atomic E-state index is 12.2. The lowest BCUT2D eigenvalue weighted by molar-refractivity contribution is -0.130. The highest BCUT2D eigenvalue weighted by atomic mass is 32.1. The van der Waals surface area contributed by atoms with Crippen LogP contribution in [0.5, 0.6) is 0 Å². The molecule has 7 heteroatoms. The van der Waals surface area contributed by atoms with Crippen LogP contribution in [0.25, 0.3) is 11.3 Å². The lowest BCUT2D eigenvalue weighted by Gasteiger charge is -2.17. The molecular weight excluding hydrogens is 372 g/mol. The Bertz CT molecular complexity index is 912. The maximum Gasteiger partial charge on any atom is 0.321 e. The van der Waals surface area contributed by atoms with E-state index in [0.29, 0.717) is 11.7 Å². The number of carbonyl (C=O) groups is 2. The van der Waals surface area contributed by atoms with Crippen molar-refractivity contribution in [1.82, 2.24) is 15.2 Å². The first-order valence-corrected chi connectivity index (χ1v) is 9.83.